The first kappa shape index (κ1) is 14.4. The van der Waals surface area contributed by atoms with Gasteiger partial charge >= 0.3 is 6.03 Å². The largest absolute Gasteiger partial charge is 0.494 e. The van der Waals surface area contributed by atoms with Gasteiger partial charge < -0.3 is 10.1 Å². The number of amides is 3. The van der Waals surface area contributed by atoms with Gasteiger partial charge in [0.15, 0.2) is 0 Å². The molecular formula is C15H20N2O3. The van der Waals surface area contributed by atoms with Crippen LogP contribution in [0, 0.1) is 0 Å². The number of imide groups is 1. The van der Waals surface area contributed by atoms with Crippen molar-refractivity contribution >= 4 is 11.9 Å². The summed E-state index contributed by atoms with van der Waals surface area (Å²) in [7, 11) is 0. The Morgan fingerprint density at radius 2 is 1.85 bits per heavy atom. The molecule has 20 heavy (non-hydrogen) atoms. The van der Waals surface area contributed by atoms with E-state index in [0.717, 1.165) is 30.6 Å². The molecule has 5 nitrogen and oxygen atoms in total. The van der Waals surface area contributed by atoms with Crippen LogP contribution in [0.25, 0.3) is 0 Å². The minimum absolute atomic E-state index is 0.334. The van der Waals surface area contributed by atoms with Crippen LogP contribution in [-0.2, 0) is 10.3 Å². The van der Waals surface area contributed by atoms with Gasteiger partial charge in [-0.25, -0.2) is 4.79 Å². The molecule has 1 fully saturated rings. The van der Waals surface area contributed by atoms with E-state index in [1.54, 1.807) is 19.1 Å². The fourth-order valence-electron chi connectivity index (χ4n) is 2.17. The number of rotatable bonds is 6. The van der Waals surface area contributed by atoms with E-state index in [-0.39, 0.29) is 5.91 Å². The van der Waals surface area contributed by atoms with Gasteiger partial charge in [-0.05, 0) is 31.0 Å². The maximum Gasteiger partial charge on any atom is 0.322 e. The van der Waals surface area contributed by atoms with Crippen molar-refractivity contribution < 1.29 is 14.3 Å². The average molecular weight is 276 g/mol. The van der Waals surface area contributed by atoms with Crippen LogP contribution in [0.5, 0.6) is 5.75 Å². The van der Waals surface area contributed by atoms with Crippen LogP contribution in [0.15, 0.2) is 24.3 Å². The molecule has 1 saturated heterocycles. The summed E-state index contributed by atoms with van der Waals surface area (Å²) < 4.78 is 5.62. The van der Waals surface area contributed by atoms with Gasteiger partial charge in [0.05, 0.1) is 6.61 Å². The lowest BCUT2D eigenvalue weighted by molar-refractivity contribution is -0.123. The van der Waals surface area contributed by atoms with Crippen LogP contribution in [0.2, 0.25) is 0 Å². The summed E-state index contributed by atoms with van der Waals surface area (Å²) >= 11 is 0. The molecule has 1 aromatic carbocycles. The summed E-state index contributed by atoms with van der Waals surface area (Å²) in [5.41, 5.74) is -0.264. The van der Waals surface area contributed by atoms with E-state index in [1.807, 2.05) is 12.1 Å². The van der Waals surface area contributed by atoms with E-state index in [9.17, 15) is 9.59 Å². The molecule has 0 aliphatic carbocycles. The predicted molar refractivity (Wildman–Crippen MR) is 75.5 cm³/mol. The number of hydrogen-bond acceptors (Lipinski definition) is 3. The van der Waals surface area contributed by atoms with Gasteiger partial charge in [-0.3, -0.25) is 10.1 Å². The van der Waals surface area contributed by atoms with E-state index >= 15 is 0 Å². The van der Waals surface area contributed by atoms with Gasteiger partial charge in [-0.1, -0.05) is 31.9 Å². The Kier molecular flexibility index (Phi) is 4.27. The van der Waals surface area contributed by atoms with Crippen molar-refractivity contribution in [2.75, 3.05) is 6.61 Å². The van der Waals surface area contributed by atoms with Gasteiger partial charge in [-0.2, -0.15) is 0 Å². The molecule has 0 bridgehead atoms. The van der Waals surface area contributed by atoms with E-state index in [4.69, 9.17) is 4.74 Å². The molecule has 2 N–H and O–H groups in total. The summed E-state index contributed by atoms with van der Waals surface area (Å²) in [5.74, 6) is 0.442. The summed E-state index contributed by atoms with van der Waals surface area (Å²) in [6, 6.07) is 6.80. The Balaban J connectivity index is 2.01. The number of carbonyl (C=O) groups excluding carboxylic acids is 2. The molecule has 2 rings (SSSR count). The SMILES string of the molecule is CCCCCOc1ccc(C2(C)NC(=O)NC2=O)cc1. The highest BCUT2D eigenvalue weighted by atomic mass is 16.5. The first-order valence-electron chi connectivity index (χ1n) is 6.93. The molecule has 108 valence electrons. The standard InChI is InChI=1S/C15H20N2O3/c1-3-4-5-10-20-12-8-6-11(7-9-12)15(2)13(18)16-14(19)17-15/h6-9H,3-5,10H2,1-2H3,(H2,16,17,18,19). The number of nitrogens with one attached hydrogen (secondary N) is 2. The highest BCUT2D eigenvalue weighted by Gasteiger charge is 2.43. The number of ether oxygens (including phenoxy) is 1. The van der Waals surface area contributed by atoms with Crippen molar-refractivity contribution in [1.82, 2.24) is 10.6 Å². The lowest BCUT2D eigenvalue weighted by Crippen LogP contribution is -2.40. The Morgan fingerprint density at radius 3 is 2.40 bits per heavy atom. The van der Waals surface area contributed by atoms with E-state index in [0.29, 0.717) is 6.61 Å². The number of unbranched alkanes of at least 4 members (excludes halogenated alkanes) is 2. The summed E-state index contributed by atoms with van der Waals surface area (Å²) in [6.07, 6.45) is 3.35. The third-order valence-corrected chi connectivity index (χ3v) is 3.49. The van der Waals surface area contributed by atoms with Crippen LogP contribution in [0.1, 0.15) is 38.7 Å². The average Bonchev–Trinajstić information content (AvgIpc) is 2.70. The summed E-state index contributed by atoms with van der Waals surface area (Å²) in [6.45, 7) is 4.53. The van der Waals surface area contributed by atoms with E-state index < -0.39 is 11.6 Å². The van der Waals surface area contributed by atoms with Crippen LogP contribution in [-0.4, -0.2) is 18.5 Å². The highest BCUT2D eigenvalue weighted by molar-refractivity contribution is 6.07. The smallest absolute Gasteiger partial charge is 0.322 e. The van der Waals surface area contributed by atoms with Crippen LogP contribution in [0.4, 0.5) is 4.79 Å². The molecule has 0 saturated carbocycles. The first-order valence-corrected chi connectivity index (χ1v) is 6.93. The Bertz CT molecular complexity index is 498. The topological polar surface area (TPSA) is 67.4 Å². The van der Waals surface area contributed by atoms with Crippen molar-refractivity contribution in [3.63, 3.8) is 0 Å². The second-order valence-electron chi connectivity index (χ2n) is 5.11. The zero-order valence-electron chi connectivity index (χ0n) is 11.9. The predicted octanol–water partition coefficient (Wildman–Crippen LogP) is 2.31. The maximum absolute atomic E-state index is 11.8. The molecule has 5 heteroatoms. The molecular weight excluding hydrogens is 256 g/mol. The summed E-state index contributed by atoms with van der Waals surface area (Å²) in [4.78, 5) is 23.1. The van der Waals surface area contributed by atoms with E-state index in [2.05, 4.69) is 17.6 Å². The van der Waals surface area contributed by atoms with Gasteiger partial charge in [0.25, 0.3) is 5.91 Å². The molecule has 0 radical (unpaired) electrons. The monoisotopic (exact) mass is 276 g/mol. The molecule has 1 aliphatic rings. The van der Waals surface area contributed by atoms with Crippen molar-refractivity contribution in [3.05, 3.63) is 29.8 Å². The Morgan fingerprint density at radius 1 is 1.15 bits per heavy atom. The van der Waals surface area contributed by atoms with Crippen LogP contribution in [0.3, 0.4) is 0 Å². The van der Waals surface area contributed by atoms with Gasteiger partial charge in [0.2, 0.25) is 0 Å². The zero-order chi connectivity index (χ0) is 14.6. The molecule has 1 unspecified atom stereocenters. The molecule has 1 heterocycles. The number of urea groups is 1. The summed E-state index contributed by atoms with van der Waals surface area (Å²) in [5, 5.41) is 4.88. The second-order valence-corrected chi connectivity index (χ2v) is 5.11. The van der Waals surface area contributed by atoms with Crippen molar-refractivity contribution in [1.29, 1.82) is 0 Å². The maximum atomic E-state index is 11.8. The minimum Gasteiger partial charge on any atom is -0.494 e. The fraction of sp³-hybridized carbons (Fsp3) is 0.467. The molecule has 0 spiro atoms. The molecule has 3 amide bonds. The molecule has 1 aliphatic heterocycles. The number of hydrogen-bond donors (Lipinski definition) is 2. The normalized spacial score (nSPS) is 21.5. The fourth-order valence-corrected chi connectivity index (χ4v) is 2.17. The third-order valence-electron chi connectivity index (χ3n) is 3.49. The van der Waals surface area contributed by atoms with Crippen molar-refractivity contribution in [3.8, 4) is 5.75 Å². The zero-order valence-corrected chi connectivity index (χ0v) is 11.9. The lowest BCUT2D eigenvalue weighted by atomic mass is 9.92. The highest BCUT2D eigenvalue weighted by Crippen LogP contribution is 2.26. The molecule has 1 atom stereocenters. The van der Waals surface area contributed by atoms with Crippen molar-refractivity contribution in [2.45, 2.75) is 38.6 Å². The lowest BCUT2D eigenvalue weighted by Gasteiger charge is -2.21. The minimum atomic E-state index is -1.00. The molecule has 0 aromatic heterocycles. The van der Waals surface area contributed by atoms with Crippen LogP contribution >= 0.6 is 0 Å². The molecule has 1 aromatic rings. The first-order chi connectivity index (χ1) is 9.56. The number of benzene rings is 1. The number of carbonyl (C=O) groups is 2. The quantitative estimate of drug-likeness (QED) is 0.619. The van der Waals surface area contributed by atoms with Gasteiger partial charge in [-0.15, -0.1) is 0 Å². The Labute approximate surface area is 118 Å². The Hall–Kier alpha value is -2.04. The van der Waals surface area contributed by atoms with E-state index in [1.165, 1.54) is 0 Å². The van der Waals surface area contributed by atoms with Crippen LogP contribution < -0.4 is 15.4 Å². The second kappa shape index (κ2) is 5.94. The van der Waals surface area contributed by atoms with Crippen molar-refractivity contribution in [2.24, 2.45) is 0 Å². The van der Waals surface area contributed by atoms with Gasteiger partial charge in [0.1, 0.15) is 11.3 Å². The van der Waals surface area contributed by atoms with Gasteiger partial charge in [0, 0.05) is 0 Å². The third kappa shape index (κ3) is 2.92.